The average molecular weight is 259 g/mol. The Labute approximate surface area is 109 Å². The van der Waals surface area contributed by atoms with E-state index in [2.05, 4.69) is 9.72 Å². The number of esters is 2. The lowest BCUT2D eigenvalue weighted by Gasteiger charge is -1.98. The van der Waals surface area contributed by atoms with Gasteiger partial charge in [0.2, 0.25) is 0 Å². The number of hydrogen-bond acceptors (Lipinski definition) is 4. The van der Waals surface area contributed by atoms with E-state index in [9.17, 15) is 9.59 Å². The van der Waals surface area contributed by atoms with Crippen molar-refractivity contribution in [3.8, 4) is 0 Å². The van der Waals surface area contributed by atoms with Crippen LogP contribution in [0.2, 0.25) is 0 Å². The van der Waals surface area contributed by atoms with Crippen LogP contribution in [-0.2, 0) is 14.3 Å². The molecule has 0 bridgehead atoms. The lowest BCUT2D eigenvalue weighted by molar-refractivity contribution is -0.134. The standard InChI is InChI=1S/C14H13NO4/c1-18-13(16)6-4-9-3-5-12-10(7-9)11(8-15-12)14(17)19-2/h3-8,15H,1-2H3. The van der Waals surface area contributed by atoms with Crippen LogP contribution in [0, 0.1) is 0 Å². The molecule has 1 heterocycles. The lowest BCUT2D eigenvalue weighted by Crippen LogP contribution is -1.99. The van der Waals surface area contributed by atoms with Crippen molar-refractivity contribution < 1.29 is 19.1 Å². The Morgan fingerprint density at radius 2 is 2.00 bits per heavy atom. The van der Waals surface area contributed by atoms with Crippen LogP contribution < -0.4 is 0 Å². The molecule has 1 aromatic carbocycles. The number of nitrogens with one attached hydrogen (secondary N) is 1. The number of H-pyrrole nitrogens is 1. The van der Waals surface area contributed by atoms with Crippen LogP contribution in [0.1, 0.15) is 15.9 Å². The number of methoxy groups -OCH3 is 2. The first kappa shape index (κ1) is 12.9. The number of ether oxygens (including phenoxy) is 2. The van der Waals surface area contributed by atoms with Crippen molar-refractivity contribution in [2.75, 3.05) is 14.2 Å². The van der Waals surface area contributed by atoms with Gasteiger partial charge in [0.25, 0.3) is 0 Å². The zero-order valence-corrected chi connectivity index (χ0v) is 10.6. The van der Waals surface area contributed by atoms with Gasteiger partial charge in [-0.2, -0.15) is 0 Å². The number of aromatic amines is 1. The Morgan fingerprint density at radius 3 is 2.68 bits per heavy atom. The van der Waals surface area contributed by atoms with Crippen LogP contribution in [0.25, 0.3) is 17.0 Å². The van der Waals surface area contributed by atoms with Gasteiger partial charge in [-0.1, -0.05) is 6.07 Å². The van der Waals surface area contributed by atoms with E-state index >= 15 is 0 Å². The number of rotatable bonds is 3. The van der Waals surface area contributed by atoms with E-state index in [1.807, 2.05) is 12.1 Å². The number of aromatic nitrogens is 1. The summed E-state index contributed by atoms with van der Waals surface area (Å²) >= 11 is 0. The Kier molecular flexibility index (Phi) is 3.66. The van der Waals surface area contributed by atoms with Crippen molar-refractivity contribution in [2.24, 2.45) is 0 Å². The zero-order valence-electron chi connectivity index (χ0n) is 10.6. The SMILES string of the molecule is COC(=O)C=Cc1ccc2[nH]cc(C(=O)OC)c2c1. The Morgan fingerprint density at radius 1 is 1.21 bits per heavy atom. The van der Waals surface area contributed by atoms with Gasteiger partial charge in [0.1, 0.15) is 0 Å². The highest BCUT2D eigenvalue weighted by Crippen LogP contribution is 2.21. The predicted molar refractivity (Wildman–Crippen MR) is 70.7 cm³/mol. The van der Waals surface area contributed by atoms with Crippen molar-refractivity contribution in [3.05, 3.63) is 41.6 Å². The average Bonchev–Trinajstić information content (AvgIpc) is 2.86. The van der Waals surface area contributed by atoms with E-state index in [0.717, 1.165) is 16.5 Å². The third-order valence-electron chi connectivity index (χ3n) is 2.72. The van der Waals surface area contributed by atoms with E-state index in [1.165, 1.54) is 20.3 Å². The van der Waals surface area contributed by atoms with Gasteiger partial charge in [-0.25, -0.2) is 9.59 Å². The first-order valence-corrected chi connectivity index (χ1v) is 5.61. The highest BCUT2D eigenvalue weighted by molar-refractivity contribution is 6.04. The molecular formula is C14H13NO4. The fourth-order valence-corrected chi connectivity index (χ4v) is 1.75. The third-order valence-corrected chi connectivity index (χ3v) is 2.72. The fourth-order valence-electron chi connectivity index (χ4n) is 1.75. The zero-order chi connectivity index (χ0) is 13.8. The molecule has 0 fully saturated rings. The molecule has 0 saturated carbocycles. The molecule has 1 N–H and O–H groups in total. The summed E-state index contributed by atoms with van der Waals surface area (Å²) in [5.74, 6) is -0.831. The molecule has 0 atom stereocenters. The minimum Gasteiger partial charge on any atom is -0.466 e. The normalized spacial score (nSPS) is 10.8. The molecule has 5 heteroatoms. The summed E-state index contributed by atoms with van der Waals surface area (Å²) < 4.78 is 9.22. The van der Waals surface area contributed by atoms with Gasteiger partial charge < -0.3 is 14.5 Å². The van der Waals surface area contributed by atoms with Crippen LogP contribution in [0.3, 0.4) is 0 Å². The monoisotopic (exact) mass is 259 g/mol. The van der Waals surface area contributed by atoms with Gasteiger partial charge >= 0.3 is 11.9 Å². The van der Waals surface area contributed by atoms with E-state index in [1.54, 1.807) is 18.3 Å². The van der Waals surface area contributed by atoms with Crippen LogP contribution in [0.15, 0.2) is 30.5 Å². The smallest absolute Gasteiger partial charge is 0.340 e. The van der Waals surface area contributed by atoms with E-state index in [0.29, 0.717) is 5.56 Å². The van der Waals surface area contributed by atoms with Crippen molar-refractivity contribution in [1.82, 2.24) is 4.98 Å². The quantitative estimate of drug-likeness (QED) is 0.677. The first-order chi connectivity index (χ1) is 9.15. The van der Waals surface area contributed by atoms with Crippen molar-refractivity contribution >= 4 is 28.9 Å². The number of carbonyl (C=O) groups excluding carboxylic acids is 2. The summed E-state index contributed by atoms with van der Waals surface area (Å²) in [4.78, 5) is 25.6. The van der Waals surface area contributed by atoms with Gasteiger partial charge in [-0.15, -0.1) is 0 Å². The highest BCUT2D eigenvalue weighted by Gasteiger charge is 2.11. The molecule has 1 aromatic heterocycles. The van der Waals surface area contributed by atoms with E-state index < -0.39 is 11.9 Å². The van der Waals surface area contributed by atoms with Gasteiger partial charge in [-0.3, -0.25) is 0 Å². The summed E-state index contributed by atoms with van der Waals surface area (Å²) in [7, 11) is 2.65. The van der Waals surface area contributed by atoms with Crippen molar-refractivity contribution in [3.63, 3.8) is 0 Å². The Balaban J connectivity index is 2.41. The molecule has 0 saturated heterocycles. The first-order valence-electron chi connectivity index (χ1n) is 5.61. The number of hydrogen-bond donors (Lipinski definition) is 1. The van der Waals surface area contributed by atoms with Crippen LogP contribution in [-0.4, -0.2) is 31.1 Å². The topological polar surface area (TPSA) is 68.4 Å². The van der Waals surface area contributed by atoms with Crippen molar-refractivity contribution in [1.29, 1.82) is 0 Å². The molecule has 19 heavy (non-hydrogen) atoms. The maximum Gasteiger partial charge on any atom is 0.340 e. The number of fused-ring (bicyclic) bond motifs is 1. The Bertz CT molecular complexity index is 655. The minimum absolute atomic E-state index is 0.402. The largest absolute Gasteiger partial charge is 0.466 e. The molecule has 0 aliphatic carbocycles. The molecule has 2 aromatic rings. The third kappa shape index (κ3) is 2.65. The van der Waals surface area contributed by atoms with Gasteiger partial charge in [0.05, 0.1) is 19.8 Å². The second kappa shape index (κ2) is 5.39. The summed E-state index contributed by atoms with van der Waals surface area (Å²) in [6, 6.07) is 5.47. The van der Waals surface area contributed by atoms with E-state index in [4.69, 9.17) is 4.74 Å². The van der Waals surface area contributed by atoms with Gasteiger partial charge in [0, 0.05) is 23.2 Å². The van der Waals surface area contributed by atoms with Gasteiger partial charge in [0.15, 0.2) is 0 Å². The maximum absolute atomic E-state index is 11.6. The molecular weight excluding hydrogens is 246 g/mol. The lowest BCUT2D eigenvalue weighted by atomic mass is 10.1. The van der Waals surface area contributed by atoms with Crippen LogP contribution in [0.5, 0.6) is 0 Å². The van der Waals surface area contributed by atoms with Crippen LogP contribution in [0.4, 0.5) is 0 Å². The molecule has 0 radical (unpaired) electrons. The van der Waals surface area contributed by atoms with Gasteiger partial charge in [-0.05, 0) is 23.8 Å². The summed E-state index contributed by atoms with van der Waals surface area (Å²) in [5.41, 5.74) is 2.09. The molecule has 2 rings (SSSR count). The number of benzene rings is 1. The fraction of sp³-hybridized carbons (Fsp3) is 0.143. The molecule has 0 amide bonds. The van der Waals surface area contributed by atoms with Crippen molar-refractivity contribution in [2.45, 2.75) is 0 Å². The molecule has 0 spiro atoms. The Hall–Kier alpha value is -2.56. The molecule has 0 aliphatic heterocycles. The maximum atomic E-state index is 11.6. The number of carbonyl (C=O) groups is 2. The summed E-state index contributed by atoms with van der Waals surface area (Å²) in [6.45, 7) is 0. The molecule has 5 nitrogen and oxygen atoms in total. The molecule has 98 valence electrons. The van der Waals surface area contributed by atoms with Crippen LogP contribution >= 0.6 is 0 Å². The highest BCUT2D eigenvalue weighted by atomic mass is 16.5. The predicted octanol–water partition coefficient (Wildman–Crippen LogP) is 2.14. The second-order valence-electron chi connectivity index (χ2n) is 3.86. The molecule has 0 unspecified atom stereocenters. The summed E-state index contributed by atoms with van der Waals surface area (Å²) in [6.07, 6.45) is 4.55. The second-order valence-corrected chi connectivity index (χ2v) is 3.86. The minimum atomic E-state index is -0.428. The summed E-state index contributed by atoms with van der Waals surface area (Å²) in [5, 5.41) is 0.749. The molecule has 0 aliphatic rings. The van der Waals surface area contributed by atoms with E-state index in [-0.39, 0.29) is 0 Å².